The molecule has 1 unspecified atom stereocenters. The van der Waals surface area contributed by atoms with Crippen molar-refractivity contribution < 1.29 is 9.90 Å². The van der Waals surface area contributed by atoms with Gasteiger partial charge in [0.15, 0.2) is 5.01 Å². The highest BCUT2D eigenvalue weighted by atomic mass is 32.1. The maximum absolute atomic E-state index is 12.6. The van der Waals surface area contributed by atoms with Crippen molar-refractivity contribution in [3.8, 4) is 23.6 Å². The van der Waals surface area contributed by atoms with Crippen LogP contribution in [0.1, 0.15) is 29.6 Å². The van der Waals surface area contributed by atoms with Gasteiger partial charge < -0.3 is 14.9 Å². The van der Waals surface area contributed by atoms with Gasteiger partial charge in [0.05, 0.1) is 24.0 Å². The van der Waals surface area contributed by atoms with E-state index in [1.165, 1.54) is 29.1 Å². The van der Waals surface area contributed by atoms with Crippen LogP contribution in [0.5, 0.6) is 0 Å². The predicted octanol–water partition coefficient (Wildman–Crippen LogP) is 3.38. The summed E-state index contributed by atoms with van der Waals surface area (Å²) in [5.74, 6) is 3.79. The topological polar surface area (TPSA) is 94.5 Å². The average molecular weight is 449 g/mol. The Morgan fingerprint density at radius 1 is 1.31 bits per heavy atom. The molecule has 0 bridgehead atoms. The summed E-state index contributed by atoms with van der Waals surface area (Å²) < 4.78 is 0. The molecule has 1 atom stereocenters. The van der Waals surface area contributed by atoms with Gasteiger partial charge in [0.2, 0.25) is 0 Å². The lowest BCUT2D eigenvalue weighted by Crippen LogP contribution is -2.37. The van der Waals surface area contributed by atoms with E-state index in [4.69, 9.17) is 11.4 Å². The number of urea groups is 1. The van der Waals surface area contributed by atoms with E-state index in [2.05, 4.69) is 26.1 Å². The molecule has 1 aliphatic heterocycles. The fourth-order valence-electron chi connectivity index (χ4n) is 3.61. The Hall–Kier alpha value is -3.48. The molecule has 4 rings (SSSR count). The van der Waals surface area contributed by atoms with Crippen LogP contribution in [0.4, 0.5) is 16.4 Å². The van der Waals surface area contributed by atoms with Crippen LogP contribution >= 0.6 is 11.3 Å². The van der Waals surface area contributed by atoms with Gasteiger partial charge in [-0.2, -0.15) is 0 Å². The Bertz CT molecular complexity index is 1120. The van der Waals surface area contributed by atoms with Crippen molar-refractivity contribution in [2.45, 2.75) is 18.9 Å². The standard InChI is InChI=1S/C23H24N6O2S/c1-3-22-26-20(15-32-22)27-23(31)28(2)19(14-30)18-10-9-16(13-24-18)17-7-6-8-21(25-17)29-11-4-5-12-29/h1,6-10,13,15,19,30H,4-5,11-12,14H2,2H3,(H,27,31). The fourth-order valence-corrected chi connectivity index (χ4v) is 4.17. The van der Waals surface area contributed by atoms with Gasteiger partial charge in [0.25, 0.3) is 0 Å². The number of carbonyl (C=O) groups is 1. The molecule has 0 aromatic carbocycles. The van der Waals surface area contributed by atoms with E-state index in [1.54, 1.807) is 18.6 Å². The van der Waals surface area contributed by atoms with Crippen molar-refractivity contribution in [3.05, 3.63) is 52.6 Å². The van der Waals surface area contributed by atoms with Crippen LogP contribution in [-0.4, -0.2) is 57.7 Å². The van der Waals surface area contributed by atoms with Gasteiger partial charge in [-0.3, -0.25) is 10.3 Å². The maximum atomic E-state index is 12.6. The number of pyridine rings is 2. The molecule has 3 aromatic rings. The number of likely N-dealkylation sites (N-methyl/N-ethyl adjacent to an activating group) is 1. The van der Waals surface area contributed by atoms with Crippen molar-refractivity contribution in [3.63, 3.8) is 0 Å². The van der Waals surface area contributed by atoms with Crippen LogP contribution in [0, 0.1) is 12.3 Å². The molecule has 0 radical (unpaired) electrons. The molecule has 1 fully saturated rings. The minimum Gasteiger partial charge on any atom is -0.394 e. The van der Waals surface area contributed by atoms with Crippen molar-refractivity contribution in [2.75, 3.05) is 37.0 Å². The summed E-state index contributed by atoms with van der Waals surface area (Å²) in [6, 6.07) is 8.68. The van der Waals surface area contributed by atoms with Crippen molar-refractivity contribution >= 4 is 29.0 Å². The number of anilines is 2. The van der Waals surface area contributed by atoms with Crippen LogP contribution in [-0.2, 0) is 0 Å². The molecular weight excluding hydrogens is 424 g/mol. The number of aromatic nitrogens is 3. The average Bonchev–Trinajstić information content (AvgIpc) is 3.52. The molecule has 8 nitrogen and oxygen atoms in total. The van der Waals surface area contributed by atoms with E-state index in [0.29, 0.717) is 16.5 Å². The highest BCUT2D eigenvalue weighted by Crippen LogP contribution is 2.25. The number of aliphatic hydroxyl groups excluding tert-OH is 1. The summed E-state index contributed by atoms with van der Waals surface area (Å²) in [7, 11) is 1.60. The Morgan fingerprint density at radius 2 is 2.12 bits per heavy atom. The van der Waals surface area contributed by atoms with Crippen molar-refractivity contribution in [2.24, 2.45) is 0 Å². The summed E-state index contributed by atoms with van der Waals surface area (Å²) in [4.78, 5) is 29.7. The lowest BCUT2D eigenvalue weighted by molar-refractivity contribution is 0.156. The number of rotatable bonds is 6. The summed E-state index contributed by atoms with van der Waals surface area (Å²) >= 11 is 1.27. The van der Waals surface area contributed by atoms with Crippen LogP contribution < -0.4 is 10.2 Å². The molecule has 3 aromatic heterocycles. The number of terminal acetylenes is 1. The molecule has 164 valence electrons. The van der Waals surface area contributed by atoms with E-state index in [0.717, 1.165) is 30.2 Å². The lowest BCUT2D eigenvalue weighted by Gasteiger charge is -2.26. The molecule has 0 saturated carbocycles. The second-order valence-corrected chi connectivity index (χ2v) is 8.33. The molecule has 1 saturated heterocycles. The highest BCUT2D eigenvalue weighted by Gasteiger charge is 2.23. The first-order chi connectivity index (χ1) is 15.6. The molecule has 0 spiro atoms. The first-order valence-corrected chi connectivity index (χ1v) is 11.2. The Morgan fingerprint density at radius 3 is 2.78 bits per heavy atom. The molecule has 2 N–H and O–H groups in total. The Labute approximate surface area is 191 Å². The number of hydrogen-bond donors (Lipinski definition) is 2. The molecule has 1 aliphatic rings. The molecule has 9 heteroatoms. The third-order valence-corrected chi connectivity index (χ3v) is 6.18. The fraction of sp³-hybridized carbons (Fsp3) is 0.304. The normalized spacial score (nSPS) is 14.1. The monoisotopic (exact) mass is 448 g/mol. The van der Waals surface area contributed by atoms with Crippen LogP contribution in [0.15, 0.2) is 41.9 Å². The van der Waals surface area contributed by atoms with Gasteiger partial charge in [-0.05, 0) is 43.0 Å². The second-order valence-electron chi connectivity index (χ2n) is 7.47. The molecule has 32 heavy (non-hydrogen) atoms. The van der Waals surface area contributed by atoms with E-state index in [1.807, 2.05) is 30.3 Å². The first-order valence-electron chi connectivity index (χ1n) is 10.3. The number of amides is 2. The highest BCUT2D eigenvalue weighted by molar-refractivity contribution is 7.10. The van der Waals surface area contributed by atoms with Gasteiger partial charge in [0.1, 0.15) is 11.6 Å². The minimum absolute atomic E-state index is 0.272. The summed E-state index contributed by atoms with van der Waals surface area (Å²) in [6.07, 6.45) is 9.43. The predicted molar refractivity (Wildman–Crippen MR) is 126 cm³/mol. The van der Waals surface area contributed by atoms with E-state index in [-0.39, 0.29) is 6.61 Å². The quantitative estimate of drug-likeness (QED) is 0.562. The largest absolute Gasteiger partial charge is 0.394 e. The van der Waals surface area contributed by atoms with Gasteiger partial charge in [0, 0.05) is 37.3 Å². The number of hydrogen-bond acceptors (Lipinski definition) is 7. The lowest BCUT2D eigenvalue weighted by atomic mass is 10.1. The Balaban J connectivity index is 1.47. The van der Waals surface area contributed by atoms with E-state index in [9.17, 15) is 9.90 Å². The number of thiazole rings is 1. The minimum atomic E-state index is -0.612. The SMILES string of the molecule is C#Cc1nc(NC(=O)N(C)C(CO)c2ccc(-c3cccc(N4CCCC4)n3)cn2)cs1. The number of nitrogens with one attached hydrogen (secondary N) is 1. The third kappa shape index (κ3) is 4.72. The van der Waals surface area contributed by atoms with Gasteiger partial charge in [-0.1, -0.05) is 6.07 Å². The maximum Gasteiger partial charge on any atom is 0.323 e. The van der Waals surface area contributed by atoms with Gasteiger partial charge in [-0.25, -0.2) is 14.8 Å². The summed E-state index contributed by atoms with van der Waals surface area (Å²) in [5, 5.41) is 14.8. The van der Waals surface area contributed by atoms with Crippen LogP contribution in [0.2, 0.25) is 0 Å². The number of aliphatic hydroxyl groups is 1. The van der Waals surface area contributed by atoms with Crippen molar-refractivity contribution in [1.29, 1.82) is 0 Å². The van der Waals surface area contributed by atoms with Crippen LogP contribution in [0.25, 0.3) is 11.3 Å². The van der Waals surface area contributed by atoms with E-state index >= 15 is 0 Å². The zero-order valence-corrected chi connectivity index (χ0v) is 18.5. The zero-order valence-electron chi connectivity index (χ0n) is 17.7. The second kappa shape index (κ2) is 9.77. The third-order valence-electron chi connectivity index (χ3n) is 5.41. The summed E-state index contributed by atoms with van der Waals surface area (Å²) in [5.41, 5.74) is 2.29. The smallest absolute Gasteiger partial charge is 0.323 e. The summed E-state index contributed by atoms with van der Waals surface area (Å²) in [6.45, 7) is 1.79. The number of nitrogens with zero attached hydrogens (tertiary/aromatic N) is 5. The zero-order chi connectivity index (χ0) is 22.5. The van der Waals surface area contributed by atoms with E-state index < -0.39 is 12.1 Å². The van der Waals surface area contributed by atoms with Crippen molar-refractivity contribution in [1.82, 2.24) is 19.9 Å². The number of carbonyl (C=O) groups excluding carboxylic acids is 1. The van der Waals surface area contributed by atoms with Gasteiger partial charge in [-0.15, -0.1) is 17.8 Å². The molecular formula is C23H24N6O2S. The Kier molecular flexibility index (Phi) is 6.63. The van der Waals surface area contributed by atoms with Gasteiger partial charge >= 0.3 is 6.03 Å². The van der Waals surface area contributed by atoms with Crippen LogP contribution in [0.3, 0.4) is 0 Å². The molecule has 2 amide bonds. The first kappa shape index (κ1) is 21.7. The molecule has 0 aliphatic carbocycles. The molecule has 4 heterocycles.